The number of amides is 1. The molecule has 1 aliphatic rings. The molecule has 1 fully saturated rings. The summed E-state index contributed by atoms with van der Waals surface area (Å²) in [6.45, 7) is 2.61. The highest BCUT2D eigenvalue weighted by molar-refractivity contribution is 6.31. The molecule has 10 heteroatoms. The van der Waals surface area contributed by atoms with E-state index in [0.29, 0.717) is 49.0 Å². The Labute approximate surface area is 192 Å². The summed E-state index contributed by atoms with van der Waals surface area (Å²) in [4.78, 5) is 16.2. The maximum atomic E-state index is 12.8. The van der Waals surface area contributed by atoms with Crippen molar-refractivity contribution in [2.75, 3.05) is 26.2 Å². The number of hydrogen-bond donors (Lipinski definition) is 0. The van der Waals surface area contributed by atoms with Gasteiger partial charge in [-0.2, -0.15) is 23.0 Å². The smallest absolute Gasteiger partial charge is 0.320 e. The molecule has 0 bridgehead atoms. The van der Waals surface area contributed by atoms with Gasteiger partial charge in [0.1, 0.15) is 0 Å². The van der Waals surface area contributed by atoms with Crippen molar-refractivity contribution in [3.05, 3.63) is 76.0 Å². The van der Waals surface area contributed by atoms with Gasteiger partial charge in [-0.15, -0.1) is 0 Å². The first kappa shape index (κ1) is 22.6. The van der Waals surface area contributed by atoms with Gasteiger partial charge in [-0.1, -0.05) is 41.4 Å². The molecule has 1 amide bonds. The first-order valence-corrected chi connectivity index (χ1v) is 10.6. The number of carbonyl (C=O) groups excluding carboxylic acids is 1. The minimum atomic E-state index is -4.53. The minimum Gasteiger partial charge on any atom is -0.320 e. The molecule has 1 aromatic heterocycles. The lowest BCUT2D eigenvalue weighted by molar-refractivity contribution is -0.137. The summed E-state index contributed by atoms with van der Waals surface area (Å²) in [6.07, 6.45) is -3.15. The normalized spacial score (nSPS) is 15.2. The standard InChI is InChI=1S/C22H19Cl2F3N4O/c23-18-4-1-15(2-5-18)20-11-19(24)6-3-16(20)13-29-7-9-30(10-8-29)21(32)31-14-17(12-28-31)22(25,26)27/h1-6,11-12,14H,7-10,13H2. The van der Waals surface area contributed by atoms with Crippen LogP contribution in [-0.2, 0) is 12.7 Å². The van der Waals surface area contributed by atoms with E-state index in [-0.39, 0.29) is 0 Å². The van der Waals surface area contributed by atoms with Crippen LogP contribution >= 0.6 is 23.2 Å². The summed E-state index contributed by atoms with van der Waals surface area (Å²) >= 11 is 12.2. The minimum absolute atomic E-state index is 0.393. The molecule has 0 aliphatic carbocycles. The van der Waals surface area contributed by atoms with Crippen molar-refractivity contribution in [3.8, 4) is 11.1 Å². The Hall–Kier alpha value is -2.55. The molecule has 32 heavy (non-hydrogen) atoms. The number of carbonyl (C=O) groups is 1. The zero-order valence-electron chi connectivity index (χ0n) is 16.8. The van der Waals surface area contributed by atoms with E-state index in [0.717, 1.165) is 27.6 Å². The van der Waals surface area contributed by atoms with Crippen LogP contribution in [0.2, 0.25) is 10.0 Å². The van der Waals surface area contributed by atoms with Crippen molar-refractivity contribution in [1.29, 1.82) is 0 Å². The summed E-state index contributed by atoms with van der Waals surface area (Å²) in [6, 6.07) is 12.7. The van der Waals surface area contributed by atoms with Crippen molar-refractivity contribution in [1.82, 2.24) is 19.6 Å². The van der Waals surface area contributed by atoms with Crippen molar-refractivity contribution in [2.45, 2.75) is 12.7 Å². The van der Waals surface area contributed by atoms with Crippen LogP contribution in [0.5, 0.6) is 0 Å². The SMILES string of the molecule is O=C(N1CCN(Cc2ccc(Cl)cc2-c2ccc(Cl)cc2)CC1)n1cc(C(F)(F)F)cn1. The molecule has 1 aliphatic heterocycles. The van der Waals surface area contributed by atoms with Crippen molar-refractivity contribution in [2.24, 2.45) is 0 Å². The molecule has 1 saturated heterocycles. The Morgan fingerprint density at radius 3 is 2.25 bits per heavy atom. The van der Waals surface area contributed by atoms with Crippen LogP contribution in [0, 0.1) is 0 Å². The molecule has 0 unspecified atom stereocenters. The highest BCUT2D eigenvalue weighted by atomic mass is 35.5. The van der Waals surface area contributed by atoms with Crippen LogP contribution in [0.15, 0.2) is 54.9 Å². The maximum Gasteiger partial charge on any atom is 0.419 e. The molecular weight excluding hydrogens is 464 g/mol. The third kappa shape index (κ3) is 5.09. The second-order valence-corrected chi connectivity index (χ2v) is 8.40. The molecule has 0 atom stereocenters. The monoisotopic (exact) mass is 482 g/mol. The predicted molar refractivity (Wildman–Crippen MR) is 117 cm³/mol. The number of aromatic nitrogens is 2. The van der Waals surface area contributed by atoms with Crippen LogP contribution in [0.25, 0.3) is 11.1 Å². The fourth-order valence-corrected chi connectivity index (χ4v) is 3.94. The summed E-state index contributed by atoms with van der Waals surface area (Å²) in [5.74, 6) is 0. The molecule has 2 heterocycles. The molecule has 0 spiro atoms. The Kier molecular flexibility index (Phi) is 6.46. The van der Waals surface area contributed by atoms with E-state index < -0.39 is 17.8 Å². The molecule has 0 N–H and O–H groups in total. The van der Waals surface area contributed by atoms with Gasteiger partial charge in [-0.25, -0.2) is 4.79 Å². The van der Waals surface area contributed by atoms with Gasteiger partial charge >= 0.3 is 12.2 Å². The van der Waals surface area contributed by atoms with E-state index in [1.165, 1.54) is 4.90 Å². The second kappa shape index (κ2) is 9.13. The van der Waals surface area contributed by atoms with Crippen LogP contribution in [0.4, 0.5) is 18.0 Å². The summed E-state index contributed by atoms with van der Waals surface area (Å²) in [7, 11) is 0. The predicted octanol–water partition coefficient (Wildman–Crippen LogP) is 5.66. The number of rotatable bonds is 3. The Balaban J connectivity index is 1.42. The van der Waals surface area contributed by atoms with Crippen LogP contribution in [0.3, 0.4) is 0 Å². The Morgan fingerprint density at radius 1 is 0.969 bits per heavy atom. The van der Waals surface area contributed by atoms with Gasteiger partial charge in [0.05, 0.1) is 11.8 Å². The Bertz CT molecular complexity index is 1110. The molecule has 3 aromatic rings. The maximum absolute atomic E-state index is 12.8. The molecule has 5 nitrogen and oxygen atoms in total. The number of benzene rings is 2. The van der Waals surface area contributed by atoms with E-state index in [4.69, 9.17) is 23.2 Å². The molecule has 2 aromatic carbocycles. The fraction of sp³-hybridized carbons (Fsp3) is 0.273. The van der Waals surface area contributed by atoms with Gasteiger partial charge < -0.3 is 4.90 Å². The summed E-state index contributed by atoms with van der Waals surface area (Å²) in [5.41, 5.74) is 2.14. The molecule has 4 rings (SSSR count). The zero-order valence-corrected chi connectivity index (χ0v) is 18.3. The zero-order chi connectivity index (χ0) is 22.9. The summed E-state index contributed by atoms with van der Waals surface area (Å²) < 4.78 is 39.0. The van der Waals surface area contributed by atoms with E-state index in [9.17, 15) is 18.0 Å². The Morgan fingerprint density at radius 2 is 1.62 bits per heavy atom. The number of nitrogens with zero attached hydrogens (tertiary/aromatic N) is 4. The molecule has 0 radical (unpaired) electrons. The number of alkyl halides is 3. The van der Waals surface area contributed by atoms with Gasteiger partial charge in [-0.05, 0) is 41.0 Å². The number of piperazine rings is 1. The van der Waals surface area contributed by atoms with Gasteiger partial charge in [0.25, 0.3) is 0 Å². The van der Waals surface area contributed by atoms with Gasteiger partial charge in [0.2, 0.25) is 0 Å². The highest BCUT2D eigenvalue weighted by Crippen LogP contribution is 2.30. The van der Waals surface area contributed by atoms with E-state index in [2.05, 4.69) is 10.00 Å². The van der Waals surface area contributed by atoms with Gasteiger partial charge in [0.15, 0.2) is 0 Å². The summed E-state index contributed by atoms with van der Waals surface area (Å²) in [5, 5.41) is 4.86. The molecular formula is C22H19Cl2F3N4O. The lowest BCUT2D eigenvalue weighted by Crippen LogP contribution is -2.49. The van der Waals surface area contributed by atoms with Crippen LogP contribution < -0.4 is 0 Å². The molecule has 168 valence electrons. The van der Waals surface area contributed by atoms with E-state index in [1.807, 2.05) is 42.5 Å². The first-order valence-electron chi connectivity index (χ1n) is 9.88. The largest absolute Gasteiger partial charge is 0.419 e. The topological polar surface area (TPSA) is 41.4 Å². The van der Waals surface area contributed by atoms with Crippen molar-refractivity contribution < 1.29 is 18.0 Å². The quantitative estimate of drug-likeness (QED) is 0.483. The average Bonchev–Trinajstić information content (AvgIpc) is 3.27. The lowest BCUT2D eigenvalue weighted by atomic mass is 9.99. The second-order valence-electron chi connectivity index (χ2n) is 7.53. The van der Waals surface area contributed by atoms with E-state index in [1.54, 1.807) is 0 Å². The van der Waals surface area contributed by atoms with Crippen molar-refractivity contribution >= 4 is 29.2 Å². The van der Waals surface area contributed by atoms with Gasteiger partial charge in [-0.3, -0.25) is 4.90 Å². The number of halogens is 5. The first-order chi connectivity index (χ1) is 15.2. The van der Waals surface area contributed by atoms with Crippen molar-refractivity contribution in [3.63, 3.8) is 0 Å². The van der Waals surface area contributed by atoms with Gasteiger partial charge in [0, 0.05) is 49.0 Å². The fourth-order valence-electron chi connectivity index (χ4n) is 3.64. The third-order valence-corrected chi connectivity index (χ3v) is 5.86. The lowest BCUT2D eigenvalue weighted by Gasteiger charge is -2.34. The average molecular weight is 483 g/mol. The molecule has 0 saturated carbocycles. The number of hydrogen-bond acceptors (Lipinski definition) is 3. The van der Waals surface area contributed by atoms with E-state index >= 15 is 0 Å². The van der Waals surface area contributed by atoms with Crippen LogP contribution in [-0.4, -0.2) is 51.8 Å². The third-order valence-electron chi connectivity index (χ3n) is 5.37. The highest BCUT2D eigenvalue weighted by Gasteiger charge is 2.33. The van der Waals surface area contributed by atoms with Crippen LogP contribution in [0.1, 0.15) is 11.1 Å².